The SMILES string of the molecule is CS(=O)(=O)O.Cc1cccc(C(=O)O)c1-c1ccccc1C(=O)Nc1ccc(C(=N)N)cc1. The van der Waals surface area contributed by atoms with Crippen molar-refractivity contribution in [3.63, 3.8) is 0 Å². The minimum absolute atomic E-state index is 0.0519. The van der Waals surface area contributed by atoms with E-state index in [1.165, 1.54) is 6.07 Å². The van der Waals surface area contributed by atoms with Gasteiger partial charge in [0.2, 0.25) is 0 Å². The van der Waals surface area contributed by atoms with Crippen LogP contribution < -0.4 is 11.1 Å². The molecule has 0 aliphatic heterocycles. The molecule has 33 heavy (non-hydrogen) atoms. The van der Waals surface area contributed by atoms with Crippen molar-refractivity contribution in [1.29, 1.82) is 5.41 Å². The van der Waals surface area contributed by atoms with Crippen LogP contribution >= 0.6 is 0 Å². The zero-order chi connectivity index (χ0) is 24.8. The third-order valence-corrected chi connectivity index (χ3v) is 4.40. The molecule has 0 spiro atoms. The standard InChI is InChI=1S/C22H19N3O3.CH4O3S/c1-13-5-4-8-18(22(27)28)19(13)16-6-2-3-7-17(16)21(26)25-15-11-9-14(10-12-15)20(23)24;1-5(2,3)4/h2-12H,1H3,(H3,23,24)(H,25,26)(H,27,28);1H3,(H,2,3,4). The highest BCUT2D eigenvalue weighted by Gasteiger charge is 2.19. The fourth-order valence-corrected chi connectivity index (χ4v) is 3.03. The molecule has 0 radical (unpaired) electrons. The molecule has 9 nitrogen and oxygen atoms in total. The van der Waals surface area contributed by atoms with Crippen LogP contribution in [0.1, 0.15) is 31.8 Å². The van der Waals surface area contributed by atoms with Crippen LogP contribution in [0.4, 0.5) is 5.69 Å². The van der Waals surface area contributed by atoms with Gasteiger partial charge in [-0.05, 0) is 60.0 Å². The maximum atomic E-state index is 12.9. The van der Waals surface area contributed by atoms with Gasteiger partial charge < -0.3 is 16.2 Å². The number of aromatic carboxylic acids is 1. The smallest absolute Gasteiger partial charge is 0.336 e. The molecule has 0 bridgehead atoms. The Morgan fingerprint density at radius 1 is 0.939 bits per heavy atom. The van der Waals surface area contributed by atoms with Gasteiger partial charge in [0, 0.05) is 16.8 Å². The van der Waals surface area contributed by atoms with Gasteiger partial charge in [0.1, 0.15) is 5.84 Å². The number of carbonyl (C=O) groups is 2. The molecule has 0 aliphatic rings. The highest BCUT2D eigenvalue weighted by atomic mass is 32.2. The van der Waals surface area contributed by atoms with Crippen LogP contribution in [0.15, 0.2) is 66.7 Å². The Morgan fingerprint density at radius 3 is 2.03 bits per heavy atom. The third kappa shape index (κ3) is 7.27. The molecule has 0 unspecified atom stereocenters. The van der Waals surface area contributed by atoms with E-state index in [4.69, 9.17) is 15.7 Å². The first-order chi connectivity index (χ1) is 15.4. The number of rotatable bonds is 5. The summed E-state index contributed by atoms with van der Waals surface area (Å²) in [5.74, 6) is -1.46. The van der Waals surface area contributed by atoms with Gasteiger partial charge in [0.15, 0.2) is 0 Å². The van der Waals surface area contributed by atoms with Crippen LogP contribution in [0.2, 0.25) is 0 Å². The molecule has 0 heterocycles. The lowest BCUT2D eigenvalue weighted by molar-refractivity contribution is 0.0697. The number of hydrogen-bond donors (Lipinski definition) is 5. The number of nitrogen functional groups attached to an aromatic ring is 1. The van der Waals surface area contributed by atoms with E-state index in [-0.39, 0.29) is 17.3 Å². The van der Waals surface area contributed by atoms with E-state index in [0.717, 1.165) is 5.56 Å². The molecule has 3 aromatic rings. The summed E-state index contributed by atoms with van der Waals surface area (Å²) in [5, 5.41) is 19.8. The molecule has 10 heteroatoms. The maximum absolute atomic E-state index is 12.9. The Bertz CT molecular complexity index is 1290. The van der Waals surface area contributed by atoms with Crippen molar-refractivity contribution in [3.8, 4) is 11.1 Å². The molecule has 0 fully saturated rings. The third-order valence-electron chi connectivity index (χ3n) is 4.40. The molecule has 6 N–H and O–H groups in total. The number of anilines is 1. The molecular formula is C23H23N3O6S. The van der Waals surface area contributed by atoms with Gasteiger partial charge in [-0.2, -0.15) is 8.42 Å². The van der Waals surface area contributed by atoms with Crippen LogP contribution in [0.25, 0.3) is 11.1 Å². The largest absolute Gasteiger partial charge is 0.478 e. The van der Waals surface area contributed by atoms with Gasteiger partial charge in [-0.25, -0.2) is 4.79 Å². The fraction of sp³-hybridized carbons (Fsp3) is 0.0870. The van der Waals surface area contributed by atoms with Crippen molar-refractivity contribution in [1.82, 2.24) is 0 Å². The topological polar surface area (TPSA) is 171 Å². The van der Waals surface area contributed by atoms with Crippen molar-refractivity contribution in [2.24, 2.45) is 5.73 Å². The first kappa shape index (κ1) is 25.2. The minimum atomic E-state index is -3.67. The number of carboxylic acid groups (broad SMARTS) is 1. The Kier molecular flexibility index (Phi) is 8.05. The molecule has 1 amide bonds. The Balaban J connectivity index is 0.000000696. The van der Waals surface area contributed by atoms with E-state index in [1.807, 2.05) is 13.0 Å². The van der Waals surface area contributed by atoms with Crippen LogP contribution in [0.5, 0.6) is 0 Å². The van der Waals surface area contributed by atoms with E-state index in [1.54, 1.807) is 54.6 Å². The summed E-state index contributed by atoms with van der Waals surface area (Å²) >= 11 is 0. The van der Waals surface area contributed by atoms with Gasteiger partial charge in [-0.15, -0.1) is 0 Å². The number of nitrogens with two attached hydrogens (primary N) is 1. The average molecular weight is 470 g/mol. The zero-order valence-electron chi connectivity index (χ0n) is 17.9. The number of hydrogen-bond acceptors (Lipinski definition) is 5. The second-order valence-electron chi connectivity index (χ2n) is 7.03. The lowest BCUT2D eigenvalue weighted by atomic mass is 9.91. The molecule has 0 atom stereocenters. The summed E-state index contributed by atoms with van der Waals surface area (Å²) in [6.07, 6.45) is 0.715. The molecule has 172 valence electrons. The highest BCUT2D eigenvalue weighted by molar-refractivity contribution is 7.85. The van der Waals surface area contributed by atoms with Gasteiger partial charge in [0.05, 0.1) is 11.8 Å². The molecule has 3 aromatic carbocycles. The van der Waals surface area contributed by atoms with Crippen LogP contribution in [0.3, 0.4) is 0 Å². The quantitative estimate of drug-likeness (QED) is 0.216. The van der Waals surface area contributed by atoms with Crippen molar-refractivity contribution in [2.45, 2.75) is 6.92 Å². The summed E-state index contributed by atoms with van der Waals surface area (Å²) in [5.41, 5.74) is 8.91. The molecule has 0 saturated heterocycles. The number of benzene rings is 3. The van der Waals surface area contributed by atoms with Gasteiger partial charge >= 0.3 is 5.97 Å². The zero-order valence-corrected chi connectivity index (χ0v) is 18.7. The summed E-state index contributed by atoms with van der Waals surface area (Å²) in [7, 11) is -3.67. The highest BCUT2D eigenvalue weighted by Crippen LogP contribution is 2.31. The Labute approximate surface area is 191 Å². The van der Waals surface area contributed by atoms with E-state index in [9.17, 15) is 23.1 Å². The lowest BCUT2D eigenvalue weighted by Crippen LogP contribution is -2.15. The van der Waals surface area contributed by atoms with Crippen molar-refractivity contribution in [2.75, 3.05) is 11.6 Å². The molecular weight excluding hydrogens is 446 g/mol. The second-order valence-corrected chi connectivity index (χ2v) is 8.49. The van der Waals surface area contributed by atoms with E-state index >= 15 is 0 Å². The summed E-state index contributed by atoms with van der Waals surface area (Å²) in [6.45, 7) is 1.82. The molecule has 3 rings (SSSR count). The lowest BCUT2D eigenvalue weighted by Gasteiger charge is -2.15. The number of carbonyl (C=O) groups excluding carboxylic acids is 1. The van der Waals surface area contributed by atoms with Gasteiger partial charge in [-0.3, -0.25) is 14.8 Å². The second kappa shape index (κ2) is 10.5. The van der Waals surface area contributed by atoms with E-state index in [2.05, 4.69) is 5.32 Å². The number of amides is 1. The molecule has 0 aromatic heterocycles. The van der Waals surface area contributed by atoms with E-state index in [0.29, 0.717) is 34.2 Å². The summed E-state index contributed by atoms with van der Waals surface area (Å²) in [4.78, 5) is 24.6. The monoisotopic (exact) mass is 469 g/mol. The van der Waals surface area contributed by atoms with Crippen LogP contribution in [-0.2, 0) is 10.1 Å². The number of amidine groups is 1. The number of aryl methyl sites for hydroxylation is 1. The van der Waals surface area contributed by atoms with Crippen LogP contribution in [0, 0.1) is 12.3 Å². The first-order valence-electron chi connectivity index (χ1n) is 9.49. The Morgan fingerprint density at radius 2 is 1.48 bits per heavy atom. The predicted molar refractivity (Wildman–Crippen MR) is 126 cm³/mol. The van der Waals surface area contributed by atoms with Crippen molar-refractivity contribution in [3.05, 3.63) is 89.0 Å². The first-order valence-corrected chi connectivity index (χ1v) is 11.3. The van der Waals surface area contributed by atoms with E-state index < -0.39 is 16.1 Å². The fourth-order valence-electron chi connectivity index (χ4n) is 3.03. The van der Waals surface area contributed by atoms with Gasteiger partial charge in [-0.1, -0.05) is 30.3 Å². The Hall–Kier alpha value is -4.02. The normalized spacial score (nSPS) is 10.5. The number of nitrogens with one attached hydrogen (secondary N) is 2. The number of carboxylic acids is 1. The summed E-state index contributed by atoms with van der Waals surface area (Å²) < 4.78 is 25.9. The predicted octanol–water partition coefficient (Wildman–Crippen LogP) is 3.40. The molecule has 0 aliphatic carbocycles. The minimum Gasteiger partial charge on any atom is -0.478 e. The average Bonchev–Trinajstić information content (AvgIpc) is 2.72. The van der Waals surface area contributed by atoms with Gasteiger partial charge in [0.25, 0.3) is 16.0 Å². The summed E-state index contributed by atoms with van der Waals surface area (Å²) in [6, 6.07) is 18.5. The van der Waals surface area contributed by atoms with Crippen LogP contribution in [-0.4, -0.2) is 42.0 Å². The maximum Gasteiger partial charge on any atom is 0.336 e. The van der Waals surface area contributed by atoms with Crippen molar-refractivity contribution >= 4 is 33.5 Å². The van der Waals surface area contributed by atoms with Crippen molar-refractivity contribution < 1.29 is 27.7 Å². The molecule has 0 saturated carbocycles.